The zero-order valence-corrected chi connectivity index (χ0v) is 12.3. The summed E-state index contributed by atoms with van der Waals surface area (Å²) < 4.78 is 11.0. The van der Waals surface area contributed by atoms with Gasteiger partial charge >= 0.3 is 5.69 Å². The molecular weight excluding hydrogens is 310 g/mol. The van der Waals surface area contributed by atoms with E-state index in [-0.39, 0.29) is 5.56 Å². The van der Waals surface area contributed by atoms with Gasteiger partial charge in [0.1, 0.15) is 18.3 Å². The van der Waals surface area contributed by atoms with Crippen molar-refractivity contribution in [2.75, 3.05) is 32.9 Å². The lowest BCUT2D eigenvalue weighted by atomic mass is 9.94. The number of ether oxygens (including phenoxy) is 2. The van der Waals surface area contributed by atoms with Gasteiger partial charge in [0.15, 0.2) is 5.72 Å². The predicted molar refractivity (Wildman–Crippen MR) is 75.7 cm³/mol. The maximum Gasteiger partial charge on any atom is 0.325 e. The van der Waals surface area contributed by atoms with Crippen LogP contribution in [0.3, 0.4) is 0 Å². The number of aliphatic hydroxyl groups excluding tert-OH is 3. The smallest absolute Gasteiger partial charge is 0.325 e. The van der Waals surface area contributed by atoms with Crippen molar-refractivity contribution in [3.63, 3.8) is 0 Å². The van der Waals surface area contributed by atoms with Crippen molar-refractivity contribution >= 4 is 0 Å². The van der Waals surface area contributed by atoms with Crippen LogP contribution in [0, 0.1) is 0 Å². The van der Waals surface area contributed by atoms with Gasteiger partial charge in [0, 0.05) is 19.3 Å². The monoisotopic (exact) mass is 329 g/mol. The number of hydrogen-bond donors (Lipinski definition) is 5. The highest BCUT2D eigenvalue weighted by atomic mass is 16.6. The molecule has 4 atom stereocenters. The molecule has 3 heterocycles. The molecule has 2 aliphatic heterocycles. The minimum Gasteiger partial charge on any atom is -0.394 e. The number of aromatic nitrogens is 2. The molecule has 2 aliphatic rings. The molecule has 0 unspecified atom stereocenters. The van der Waals surface area contributed by atoms with E-state index in [0.717, 1.165) is 6.20 Å². The lowest BCUT2D eigenvalue weighted by Gasteiger charge is -2.43. The second kappa shape index (κ2) is 6.15. The van der Waals surface area contributed by atoms with Crippen molar-refractivity contribution in [2.45, 2.75) is 24.0 Å². The SMILES string of the molecule is O=c1[nH]cc([C@]2(N3CCOCC3)O[C@H](CO)[C@@H](O)[C@H]2O)c(=O)[nH]1. The summed E-state index contributed by atoms with van der Waals surface area (Å²) in [6.45, 7) is 0.893. The summed E-state index contributed by atoms with van der Waals surface area (Å²) in [4.78, 5) is 29.6. The van der Waals surface area contributed by atoms with E-state index >= 15 is 0 Å². The quantitative estimate of drug-likeness (QED) is 0.386. The lowest BCUT2D eigenvalue weighted by Crippen LogP contribution is -2.59. The van der Waals surface area contributed by atoms with Crippen molar-refractivity contribution in [1.29, 1.82) is 0 Å². The third-order valence-electron chi connectivity index (χ3n) is 4.30. The van der Waals surface area contributed by atoms with Crippen LogP contribution in [0.5, 0.6) is 0 Å². The number of aliphatic hydroxyl groups is 3. The highest BCUT2D eigenvalue weighted by molar-refractivity contribution is 5.21. The van der Waals surface area contributed by atoms with Gasteiger partial charge in [-0.2, -0.15) is 0 Å². The number of rotatable bonds is 3. The first-order chi connectivity index (χ1) is 11.0. The third-order valence-corrected chi connectivity index (χ3v) is 4.30. The minimum atomic E-state index is -1.67. The molecule has 5 N–H and O–H groups in total. The highest BCUT2D eigenvalue weighted by Crippen LogP contribution is 2.41. The van der Waals surface area contributed by atoms with Crippen LogP contribution in [-0.2, 0) is 15.2 Å². The Kier molecular flexibility index (Phi) is 4.36. The molecule has 0 spiro atoms. The van der Waals surface area contributed by atoms with Gasteiger partial charge in [0.2, 0.25) is 0 Å². The topological polar surface area (TPSA) is 148 Å². The fourth-order valence-electron chi connectivity index (χ4n) is 3.18. The summed E-state index contributed by atoms with van der Waals surface area (Å²) in [6, 6.07) is 0. The lowest BCUT2D eigenvalue weighted by molar-refractivity contribution is -0.213. The molecule has 0 aliphatic carbocycles. The Bertz CT molecular complexity index is 668. The molecule has 0 bridgehead atoms. The molecule has 128 valence electrons. The van der Waals surface area contributed by atoms with Gasteiger partial charge in [-0.25, -0.2) is 4.79 Å². The Labute approximate surface area is 130 Å². The average molecular weight is 329 g/mol. The zero-order chi connectivity index (χ0) is 16.6. The number of H-pyrrole nitrogens is 2. The third kappa shape index (κ3) is 2.53. The highest BCUT2D eigenvalue weighted by Gasteiger charge is 2.59. The first-order valence-corrected chi connectivity index (χ1v) is 7.31. The van der Waals surface area contributed by atoms with Gasteiger partial charge in [-0.3, -0.25) is 14.7 Å². The van der Waals surface area contributed by atoms with Gasteiger partial charge in [0.05, 0.1) is 25.4 Å². The van der Waals surface area contributed by atoms with Gasteiger partial charge in [-0.1, -0.05) is 0 Å². The molecule has 1 aromatic rings. The minimum absolute atomic E-state index is 0.0403. The van der Waals surface area contributed by atoms with Gasteiger partial charge < -0.3 is 29.8 Å². The van der Waals surface area contributed by atoms with Gasteiger partial charge in [-0.05, 0) is 0 Å². The van der Waals surface area contributed by atoms with Crippen molar-refractivity contribution in [3.8, 4) is 0 Å². The molecule has 23 heavy (non-hydrogen) atoms. The summed E-state index contributed by atoms with van der Waals surface area (Å²) in [5.74, 6) is 0. The molecule has 1 aromatic heterocycles. The van der Waals surface area contributed by atoms with Gasteiger partial charge in [-0.15, -0.1) is 0 Å². The predicted octanol–water partition coefficient (Wildman–Crippen LogP) is -3.34. The number of hydrogen-bond acceptors (Lipinski definition) is 8. The first-order valence-electron chi connectivity index (χ1n) is 7.31. The molecule has 2 fully saturated rings. The van der Waals surface area contributed by atoms with Gasteiger partial charge in [0.25, 0.3) is 5.56 Å². The Morgan fingerprint density at radius 1 is 1.30 bits per heavy atom. The number of aromatic amines is 2. The average Bonchev–Trinajstić information content (AvgIpc) is 2.81. The van der Waals surface area contributed by atoms with Crippen LogP contribution < -0.4 is 11.2 Å². The van der Waals surface area contributed by atoms with Crippen LogP contribution in [0.4, 0.5) is 0 Å². The van der Waals surface area contributed by atoms with E-state index in [0.29, 0.717) is 26.3 Å². The second-order valence-electron chi connectivity index (χ2n) is 5.56. The van der Waals surface area contributed by atoms with E-state index in [4.69, 9.17) is 9.47 Å². The molecular formula is C13H19N3O7. The first kappa shape index (κ1) is 16.3. The van der Waals surface area contributed by atoms with Crippen molar-refractivity contribution in [3.05, 3.63) is 32.6 Å². The van der Waals surface area contributed by atoms with Crippen LogP contribution >= 0.6 is 0 Å². The maximum absolute atomic E-state index is 12.3. The summed E-state index contributed by atoms with van der Waals surface area (Å²) in [5, 5.41) is 30.1. The van der Waals surface area contributed by atoms with E-state index in [1.165, 1.54) is 0 Å². The Hall–Kier alpha value is -1.56. The standard InChI is InChI=1S/C13H19N3O7/c17-6-8-9(18)10(19)13(23-8,16-1-3-22-4-2-16)7-5-14-12(21)15-11(7)20/h5,8-10,17-19H,1-4,6H2,(H2,14,15,20,21)/t8-,9-,10-,13+/m1/s1. The normalized spacial score (nSPS) is 35.5. The molecule has 0 amide bonds. The largest absolute Gasteiger partial charge is 0.394 e. The van der Waals surface area contributed by atoms with E-state index < -0.39 is 41.9 Å². The summed E-state index contributed by atoms with van der Waals surface area (Å²) in [5.41, 5.74) is -3.14. The molecule has 3 rings (SSSR count). The van der Waals surface area contributed by atoms with E-state index in [1.54, 1.807) is 4.90 Å². The van der Waals surface area contributed by atoms with E-state index in [1.807, 2.05) is 0 Å². The van der Waals surface area contributed by atoms with Crippen molar-refractivity contribution in [1.82, 2.24) is 14.9 Å². The fraction of sp³-hybridized carbons (Fsp3) is 0.692. The zero-order valence-electron chi connectivity index (χ0n) is 12.3. The Morgan fingerprint density at radius 3 is 2.57 bits per heavy atom. The molecule has 10 nitrogen and oxygen atoms in total. The molecule has 0 aromatic carbocycles. The van der Waals surface area contributed by atoms with Crippen LogP contribution in [0.2, 0.25) is 0 Å². The van der Waals surface area contributed by atoms with Crippen LogP contribution in [0.25, 0.3) is 0 Å². The summed E-state index contributed by atoms with van der Waals surface area (Å²) in [7, 11) is 0. The summed E-state index contributed by atoms with van der Waals surface area (Å²) in [6.07, 6.45) is -2.76. The number of morpholine rings is 1. The van der Waals surface area contributed by atoms with Crippen molar-refractivity contribution in [2.24, 2.45) is 0 Å². The fourth-order valence-corrected chi connectivity index (χ4v) is 3.18. The van der Waals surface area contributed by atoms with E-state index in [9.17, 15) is 24.9 Å². The van der Waals surface area contributed by atoms with E-state index in [2.05, 4.69) is 9.97 Å². The maximum atomic E-state index is 12.3. The van der Waals surface area contributed by atoms with Crippen LogP contribution in [-0.4, -0.2) is 81.4 Å². The molecule has 2 saturated heterocycles. The van der Waals surface area contributed by atoms with Crippen LogP contribution in [0.15, 0.2) is 15.8 Å². The number of nitrogens with zero attached hydrogens (tertiary/aromatic N) is 1. The number of nitrogens with one attached hydrogen (secondary N) is 2. The molecule has 10 heteroatoms. The second-order valence-corrected chi connectivity index (χ2v) is 5.56. The summed E-state index contributed by atoms with van der Waals surface area (Å²) >= 11 is 0. The molecule has 0 saturated carbocycles. The van der Waals surface area contributed by atoms with Crippen molar-refractivity contribution < 1.29 is 24.8 Å². The van der Waals surface area contributed by atoms with Crippen LogP contribution in [0.1, 0.15) is 5.56 Å². The Balaban J connectivity index is 2.14. The molecule has 0 radical (unpaired) electrons. The Morgan fingerprint density at radius 2 is 2.00 bits per heavy atom.